The van der Waals surface area contributed by atoms with Crippen LogP contribution in [0.2, 0.25) is 0 Å². The van der Waals surface area contributed by atoms with Gasteiger partial charge in [0.15, 0.2) is 0 Å². The summed E-state index contributed by atoms with van der Waals surface area (Å²) < 4.78 is 0. The predicted molar refractivity (Wildman–Crippen MR) is 60.7 cm³/mol. The molecular weight excluding hydrogens is 294 g/mol. The number of hydrogen-bond donors (Lipinski definition) is 0. The zero-order chi connectivity index (χ0) is 10.6. The first kappa shape index (κ1) is 12.4. The number of rotatable bonds is 0. The Hall–Kier alpha value is 0.293. The molecule has 0 bridgehead atoms. The first-order chi connectivity index (χ1) is 6.69. The molecule has 0 amide bonds. The van der Waals surface area contributed by atoms with Crippen LogP contribution in [0.4, 0.5) is 0 Å². The van der Waals surface area contributed by atoms with E-state index in [0.29, 0.717) is 0 Å². The summed E-state index contributed by atoms with van der Waals surface area (Å²) >= 11 is -0.826. The maximum absolute atomic E-state index is 4.93. The summed E-state index contributed by atoms with van der Waals surface area (Å²) in [5.74, 6) is 0. The molecule has 0 fully saturated rings. The van der Waals surface area contributed by atoms with E-state index < -0.39 is 20.8 Å². The molecule has 0 unspecified atom stereocenters. The van der Waals surface area contributed by atoms with Gasteiger partial charge in [0, 0.05) is 0 Å². The fourth-order valence-corrected chi connectivity index (χ4v) is 1.40. The van der Waals surface area contributed by atoms with Crippen LogP contribution < -0.4 is 0 Å². The summed E-state index contributed by atoms with van der Waals surface area (Å²) in [5.41, 5.74) is 2.76. The quantitative estimate of drug-likeness (QED) is 0.626. The second-order valence-electron chi connectivity index (χ2n) is 3.16. The average Bonchev–Trinajstić information content (AvgIpc) is 2.54. The normalized spacial score (nSPS) is 9.43. The first-order valence-corrected chi connectivity index (χ1v) is 10.6. The molecule has 0 aromatic heterocycles. The zero-order valence-electron chi connectivity index (χ0n) is 8.14. The van der Waals surface area contributed by atoms with E-state index in [4.69, 9.17) is 17.0 Å². The Balaban J connectivity index is 0.000000293. The van der Waals surface area contributed by atoms with Gasteiger partial charge in [-0.25, -0.2) is 0 Å². The molecule has 14 heavy (non-hydrogen) atoms. The Morgan fingerprint density at radius 3 is 2.36 bits per heavy atom. The SMILES string of the molecule is Cc1cc2cc[cH-]c2cc1C.[Cl][Zr][Cl]. The van der Waals surface area contributed by atoms with Gasteiger partial charge in [0.25, 0.3) is 0 Å². The molecular formula is C11H11Cl2Zr-. The molecule has 74 valence electrons. The summed E-state index contributed by atoms with van der Waals surface area (Å²) in [6.07, 6.45) is 0. The summed E-state index contributed by atoms with van der Waals surface area (Å²) in [5, 5.41) is 2.71. The number of benzene rings is 1. The molecule has 2 rings (SSSR count). The summed E-state index contributed by atoms with van der Waals surface area (Å²) in [7, 11) is 9.87. The van der Waals surface area contributed by atoms with E-state index in [1.807, 2.05) is 0 Å². The van der Waals surface area contributed by atoms with E-state index in [1.165, 1.54) is 21.9 Å². The molecule has 2 aromatic carbocycles. The van der Waals surface area contributed by atoms with E-state index in [2.05, 4.69) is 44.2 Å². The van der Waals surface area contributed by atoms with Crippen LogP contribution in [0.5, 0.6) is 0 Å². The van der Waals surface area contributed by atoms with Crippen LogP contribution >= 0.6 is 17.0 Å². The molecule has 0 aliphatic carbocycles. The van der Waals surface area contributed by atoms with Gasteiger partial charge in [-0.1, -0.05) is 11.1 Å². The van der Waals surface area contributed by atoms with Crippen molar-refractivity contribution in [3.8, 4) is 0 Å². The van der Waals surface area contributed by atoms with Crippen molar-refractivity contribution in [1.82, 2.24) is 0 Å². The van der Waals surface area contributed by atoms with Crippen molar-refractivity contribution in [2.24, 2.45) is 0 Å². The molecule has 0 N–H and O–H groups in total. The molecule has 0 aliphatic heterocycles. The Bertz CT molecular complexity index is 371. The first-order valence-electron chi connectivity index (χ1n) is 4.28. The van der Waals surface area contributed by atoms with Gasteiger partial charge in [0.05, 0.1) is 0 Å². The second-order valence-corrected chi connectivity index (χ2v) is 6.89. The second kappa shape index (κ2) is 6.00. The van der Waals surface area contributed by atoms with E-state index in [0.717, 1.165) is 0 Å². The number of aryl methyl sites for hydroxylation is 2. The van der Waals surface area contributed by atoms with Gasteiger partial charge in [0.2, 0.25) is 0 Å². The molecule has 0 saturated heterocycles. The Kier molecular flexibility index (Phi) is 5.30. The fourth-order valence-electron chi connectivity index (χ4n) is 1.40. The summed E-state index contributed by atoms with van der Waals surface area (Å²) in [6, 6.07) is 10.9. The molecule has 0 aliphatic rings. The molecule has 0 saturated carbocycles. The number of fused-ring (bicyclic) bond motifs is 1. The van der Waals surface area contributed by atoms with Gasteiger partial charge in [0.1, 0.15) is 0 Å². The summed E-state index contributed by atoms with van der Waals surface area (Å²) in [6.45, 7) is 4.31. The van der Waals surface area contributed by atoms with Gasteiger partial charge in [-0.05, 0) is 13.8 Å². The van der Waals surface area contributed by atoms with E-state index in [9.17, 15) is 0 Å². The zero-order valence-corrected chi connectivity index (χ0v) is 12.1. The standard InChI is InChI=1S/C11H11.2ClH.Zr/c1-8-6-10-4-3-5-11(10)7-9(8)2;;;/h3-7H,1-2H3;2*1H;/q-1;;;+2/p-2. The van der Waals surface area contributed by atoms with Crippen molar-refractivity contribution >= 4 is 27.8 Å². The van der Waals surface area contributed by atoms with Gasteiger partial charge >= 0.3 is 37.9 Å². The molecule has 0 atom stereocenters. The Labute approximate surface area is 103 Å². The Morgan fingerprint density at radius 2 is 1.71 bits per heavy atom. The number of halogens is 2. The molecule has 0 nitrogen and oxygen atoms in total. The van der Waals surface area contributed by atoms with Crippen molar-refractivity contribution in [1.29, 1.82) is 0 Å². The summed E-state index contributed by atoms with van der Waals surface area (Å²) in [4.78, 5) is 0. The van der Waals surface area contributed by atoms with Crippen molar-refractivity contribution < 1.29 is 20.8 Å². The van der Waals surface area contributed by atoms with E-state index in [-0.39, 0.29) is 0 Å². The topological polar surface area (TPSA) is 0 Å². The van der Waals surface area contributed by atoms with Crippen LogP contribution in [0, 0.1) is 13.8 Å². The van der Waals surface area contributed by atoms with Crippen LogP contribution in [0.15, 0.2) is 30.3 Å². The predicted octanol–water partition coefficient (Wildman–Crippen LogP) is 4.55. The molecule has 0 heterocycles. The van der Waals surface area contributed by atoms with Crippen LogP contribution in [0.3, 0.4) is 0 Å². The number of hydrogen-bond acceptors (Lipinski definition) is 0. The Morgan fingerprint density at radius 1 is 1.14 bits per heavy atom. The van der Waals surface area contributed by atoms with Crippen molar-refractivity contribution in [2.45, 2.75) is 13.8 Å². The molecule has 0 radical (unpaired) electrons. The third-order valence-corrected chi connectivity index (χ3v) is 2.25. The van der Waals surface area contributed by atoms with Gasteiger partial charge in [-0.2, -0.15) is 12.1 Å². The van der Waals surface area contributed by atoms with Crippen molar-refractivity contribution in [2.75, 3.05) is 0 Å². The molecule has 0 spiro atoms. The minimum absolute atomic E-state index is 0.826. The van der Waals surface area contributed by atoms with Gasteiger partial charge in [-0.15, -0.1) is 29.0 Å². The third-order valence-electron chi connectivity index (χ3n) is 2.25. The molecule has 2 aromatic rings. The van der Waals surface area contributed by atoms with Gasteiger partial charge < -0.3 is 0 Å². The van der Waals surface area contributed by atoms with Crippen LogP contribution in [-0.4, -0.2) is 0 Å². The average molecular weight is 305 g/mol. The maximum atomic E-state index is 4.93. The van der Waals surface area contributed by atoms with Crippen LogP contribution in [-0.2, 0) is 20.8 Å². The minimum atomic E-state index is -0.826. The van der Waals surface area contributed by atoms with Crippen LogP contribution in [0.25, 0.3) is 10.8 Å². The van der Waals surface area contributed by atoms with E-state index >= 15 is 0 Å². The van der Waals surface area contributed by atoms with Crippen molar-refractivity contribution in [3.63, 3.8) is 0 Å². The fraction of sp³-hybridized carbons (Fsp3) is 0.182. The monoisotopic (exact) mass is 303 g/mol. The van der Waals surface area contributed by atoms with Gasteiger partial charge in [-0.3, -0.25) is 0 Å². The van der Waals surface area contributed by atoms with Crippen LogP contribution in [0.1, 0.15) is 11.1 Å². The van der Waals surface area contributed by atoms with Crippen molar-refractivity contribution in [3.05, 3.63) is 41.5 Å². The van der Waals surface area contributed by atoms with E-state index in [1.54, 1.807) is 0 Å². The third kappa shape index (κ3) is 3.15. The molecule has 3 heteroatoms.